The zero-order valence-electron chi connectivity index (χ0n) is 23.1. The molecule has 0 radical (unpaired) electrons. The molecule has 0 saturated carbocycles. The summed E-state index contributed by atoms with van der Waals surface area (Å²) in [5.41, 5.74) is 2.46. The molecule has 1 N–H and O–H groups in total. The van der Waals surface area contributed by atoms with Crippen molar-refractivity contribution in [1.29, 1.82) is 0 Å². The fourth-order valence-corrected chi connectivity index (χ4v) is 5.55. The normalized spacial score (nSPS) is 19.7. The largest absolute Gasteiger partial charge is 0.496 e. The number of aryl methyl sites for hydroxylation is 1. The fraction of sp³-hybridized carbons (Fsp3) is 0.500. The molecule has 2 aromatic heterocycles. The van der Waals surface area contributed by atoms with Crippen molar-refractivity contribution in [2.24, 2.45) is 5.92 Å². The Morgan fingerprint density at radius 1 is 1.18 bits per heavy atom. The van der Waals surface area contributed by atoms with Gasteiger partial charge < -0.3 is 19.3 Å². The lowest BCUT2D eigenvalue weighted by Gasteiger charge is -2.27. The number of thiazole rings is 1. The molecule has 3 aromatic rings. The molecule has 38 heavy (non-hydrogen) atoms. The number of carbonyl (C=O) groups excluding carboxylic acids is 1. The van der Waals surface area contributed by atoms with Gasteiger partial charge in [0.05, 0.1) is 24.9 Å². The van der Waals surface area contributed by atoms with E-state index in [1.807, 2.05) is 30.5 Å². The van der Waals surface area contributed by atoms with Gasteiger partial charge in [0.2, 0.25) is 0 Å². The van der Waals surface area contributed by atoms with Gasteiger partial charge in [0.1, 0.15) is 39.9 Å². The molecule has 9 nitrogen and oxygen atoms in total. The number of ether oxygens (including phenoxy) is 3. The first-order valence-corrected chi connectivity index (χ1v) is 13.5. The number of likely N-dealkylation sites (tertiary alicyclic amines) is 1. The zero-order valence-corrected chi connectivity index (χ0v) is 23.9. The lowest BCUT2D eigenvalue weighted by atomic mass is 10.0. The molecule has 1 fully saturated rings. The maximum Gasteiger partial charge on any atom is 0.411 e. The van der Waals surface area contributed by atoms with Crippen LogP contribution in [-0.4, -0.2) is 63.4 Å². The van der Waals surface area contributed by atoms with Crippen LogP contribution in [0.25, 0.3) is 21.6 Å². The van der Waals surface area contributed by atoms with Crippen molar-refractivity contribution in [1.82, 2.24) is 14.9 Å². The number of carboxylic acids is 1. The van der Waals surface area contributed by atoms with E-state index in [1.165, 1.54) is 16.2 Å². The Hall–Kier alpha value is -3.40. The summed E-state index contributed by atoms with van der Waals surface area (Å²) in [5.74, 6) is -0.0580. The summed E-state index contributed by atoms with van der Waals surface area (Å²) < 4.78 is 17.5. The Morgan fingerprint density at radius 3 is 2.47 bits per heavy atom. The van der Waals surface area contributed by atoms with Crippen molar-refractivity contribution >= 4 is 34.3 Å². The Bertz CT molecular complexity index is 1360. The molecule has 0 bridgehead atoms. The summed E-state index contributed by atoms with van der Waals surface area (Å²) in [5, 5.41) is 13.5. The molecule has 0 unspecified atom stereocenters. The molecule has 10 heteroatoms. The van der Waals surface area contributed by atoms with Gasteiger partial charge in [-0.1, -0.05) is 20.8 Å². The smallest absolute Gasteiger partial charge is 0.411 e. The molecule has 0 spiro atoms. The number of amides is 1. The van der Waals surface area contributed by atoms with Gasteiger partial charge in [0, 0.05) is 28.3 Å². The quantitative estimate of drug-likeness (QED) is 0.411. The SMILES string of the molecule is COc1ccc2c(O[C@H]3CN(C(=O)OC(C)(C)C)[C@H](C(=O)O)[C@H]3C)cc(-c3nc(C(C)C)cs3)nc2c1C. The first-order valence-electron chi connectivity index (χ1n) is 12.6. The topological polar surface area (TPSA) is 111 Å². The zero-order chi connectivity index (χ0) is 27.9. The second-order valence-corrected chi connectivity index (χ2v) is 11.8. The van der Waals surface area contributed by atoms with E-state index < -0.39 is 35.7 Å². The molecule has 204 valence electrons. The highest BCUT2D eigenvalue weighted by Crippen LogP contribution is 2.38. The maximum absolute atomic E-state index is 12.9. The summed E-state index contributed by atoms with van der Waals surface area (Å²) in [7, 11) is 1.61. The van der Waals surface area contributed by atoms with Crippen molar-refractivity contribution in [2.45, 2.75) is 72.1 Å². The predicted octanol–water partition coefficient (Wildman–Crippen LogP) is 5.89. The molecular formula is C28H35N3O6S. The number of hydrogen-bond donors (Lipinski definition) is 1. The van der Waals surface area contributed by atoms with Crippen LogP contribution in [0.2, 0.25) is 0 Å². The van der Waals surface area contributed by atoms with Crippen LogP contribution in [-0.2, 0) is 9.53 Å². The van der Waals surface area contributed by atoms with Gasteiger partial charge in [0.25, 0.3) is 0 Å². The van der Waals surface area contributed by atoms with Crippen LogP contribution in [0.5, 0.6) is 11.5 Å². The average molecular weight is 542 g/mol. The van der Waals surface area contributed by atoms with E-state index in [0.29, 0.717) is 22.7 Å². The van der Waals surface area contributed by atoms with Gasteiger partial charge in [-0.15, -0.1) is 11.3 Å². The number of nitrogens with zero attached hydrogens (tertiary/aromatic N) is 3. The summed E-state index contributed by atoms with van der Waals surface area (Å²) in [6, 6.07) is 4.51. The van der Waals surface area contributed by atoms with Crippen molar-refractivity contribution in [3.8, 4) is 22.2 Å². The van der Waals surface area contributed by atoms with Crippen molar-refractivity contribution < 1.29 is 28.9 Å². The van der Waals surface area contributed by atoms with Gasteiger partial charge >= 0.3 is 12.1 Å². The fourth-order valence-electron chi connectivity index (χ4n) is 4.61. The average Bonchev–Trinajstić information content (AvgIpc) is 3.44. The van der Waals surface area contributed by atoms with E-state index in [1.54, 1.807) is 34.8 Å². The number of fused-ring (bicyclic) bond motifs is 1. The third kappa shape index (κ3) is 5.41. The molecule has 1 aliphatic rings. The van der Waals surface area contributed by atoms with Crippen LogP contribution < -0.4 is 9.47 Å². The molecule has 3 heterocycles. The van der Waals surface area contributed by atoms with Crippen LogP contribution in [0, 0.1) is 12.8 Å². The summed E-state index contributed by atoms with van der Waals surface area (Å²) in [6.07, 6.45) is -1.25. The van der Waals surface area contributed by atoms with Crippen LogP contribution in [0.3, 0.4) is 0 Å². The maximum atomic E-state index is 12.9. The van der Waals surface area contributed by atoms with Gasteiger partial charge in [-0.2, -0.15) is 0 Å². The highest BCUT2D eigenvalue weighted by molar-refractivity contribution is 7.13. The molecule has 1 amide bonds. The van der Waals surface area contributed by atoms with Gasteiger partial charge in [-0.25, -0.2) is 19.6 Å². The van der Waals surface area contributed by atoms with Crippen LogP contribution in [0.1, 0.15) is 58.7 Å². The minimum atomic E-state index is -1.10. The van der Waals surface area contributed by atoms with Crippen LogP contribution in [0.15, 0.2) is 23.6 Å². The van der Waals surface area contributed by atoms with E-state index >= 15 is 0 Å². The number of pyridine rings is 1. The van der Waals surface area contributed by atoms with Crippen molar-refractivity contribution in [3.05, 3.63) is 34.8 Å². The van der Waals surface area contributed by atoms with E-state index in [0.717, 1.165) is 21.7 Å². The standard InChI is InChI=1S/C28H35N3O6S/c1-14(2)19-13-38-25(30-19)18-11-21(17-9-10-20(35-8)15(3)23(17)29-18)36-22-12-31(24(16(22)4)26(32)33)27(34)37-28(5,6)7/h9-11,13-14,16,22,24H,12H2,1-8H3,(H,32,33)/t16-,22-,24-/m0/s1. The third-order valence-electron chi connectivity index (χ3n) is 6.66. The minimum Gasteiger partial charge on any atom is -0.496 e. The van der Waals surface area contributed by atoms with Gasteiger partial charge in [-0.05, 0) is 45.7 Å². The summed E-state index contributed by atoms with van der Waals surface area (Å²) in [6.45, 7) is 13.2. The molecule has 4 rings (SSSR count). The number of aliphatic carboxylic acids is 1. The first kappa shape index (κ1) is 27.6. The molecule has 1 aliphatic heterocycles. The van der Waals surface area contributed by atoms with E-state index in [9.17, 15) is 14.7 Å². The molecule has 3 atom stereocenters. The van der Waals surface area contributed by atoms with E-state index in [4.69, 9.17) is 24.2 Å². The third-order valence-corrected chi connectivity index (χ3v) is 7.54. The lowest BCUT2D eigenvalue weighted by Crippen LogP contribution is -2.45. The number of carboxylic acid groups (broad SMARTS) is 1. The Kier molecular flexibility index (Phi) is 7.56. The number of hydrogen-bond acceptors (Lipinski definition) is 8. The Labute approximate surface area is 226 Å². The van der Waals surface area contributed by atoms with Crippen LogP contribution in [0.4, 0.5) is 4.79 Å². The predicted molar refractivity (Wildman–Crippen MR) is 146 cm³/mol. The molecule has 0 aliphatic carbocycles. The Balaban J connectivity index is 1.77. The van der Waals surface area contributed by atoms with E-state index in [2.05, 4.69) is 13.8 Å². The summed E-state index contributed by atoms with van der Waals surface area (Å²) in [4.78, 5) is 36.0. The van der Waals surface area contributed by atoms with Crippen molar-refractivity contribution in [2.75, 3.05) is 13.7 Å². The van der Waals surface area contributed by atoms with Crippen molar-refractivity contribution in [3.63, 3.8) is 0 Å². The summed E-state index contributed by atoms with van der Waals surface area (Å²) >= 11 is 1.51. The monoisotopic (exact) mass is 541 g/mol. The van der Waals surface area contributed by atoms with Crippen LogP contribution >= 0.6 is 11.3 Å². The van der Waals surface area contributed by atoms with Gasteiger partial charge in [-0.3, -0.25) is 4.90 Å². The number of carbonyl (C=O) groups is 2. The number of aromatic nitrogens is 2. The number of methoxy groups -OCH3 is 1. The van der Waals surface area contributed by atoms with E-state index in [-0.39, 0.29) is 12.5 Å². The minimum absolute atomic E-state index is 0.0794. The second kappa shape index (κ2) is 10.4. The lowest BCUT2D eigenvalue weighted by molar-refractivity contribution is -0.143. The molecule has 1 saturated heterocycles. The molecule has 1 aromatic carbocycles. The number of rotatable bonds is 6. The Morgan fingerprint density at radius 2 is 1.89 bits per heavy atom. The first-order chi connectivity index (χ1) is 17.8. The van der Waals surface area contributed by atoms with Gasteiger partial charge in [0.15, 0.2) is 0 Å². The number of benzene rings is 1. The second-order valence-electron chi connectivity index (χ2n) is 11.0. The molecular weight excluding hydrogens is 506 g/mol. The highest BCUT2D eigenvalue weighted by atomic mass is 32.1. The highest BCUT2D eigenvalue weighted by Gasteiger charge is 2.48.